The predicted molar refractivity (Wildman–Crippen MR) is 62.4 cm³/mol. The predicted octanol–water partition coefficient (Wildman–Crippen LogP) is 2.21. The van der Waals surface area contributed by atoms with E-state index in [1.54, 1.807) is 0 Å². The van der Waals surface area contributed by atoms with Crippen LogP contribution in [0, 0.1) is 0 Å². The summed E-state index contributed by atoms with van der Waals surface area (Å²) in [6.07, 6.45) is 4.38. The molecule has 2 heteroatoms. The first-order valence-corrected chi connectivity index (χ1v) is 5.16. The Kier molecular flexibility index (Phi) is 7.44. The van der Waals surface area contributed by atoms with E-state index in [0.717, 1.165) is 19.6 Å². The van der Waals surface area contributed by atoms with E-state index < -0.39 is 0 Å². The molecule has 14 heavy (non-hydrogen) atoms. The molecule has 0 radical (unpaired) electrons. The van der Waals surface area contributed by atoms with E-state index in [4.69, 9.17) is 5.11 Å². The molecule has 0 aromatic heterocycles. The van der Waals surface area contributed by atoms with Gasteiger partial charge in [-0.3, -0.25) is 4.90 Å². The van der Waals surface area contributed by atoms with E-state index in [-0.39, 0.29) is 6.61 Å². The molecule has 0 aromatic carbocycles. The lowest BCUT2D eigenvalue weighted by Crippen LogP contribution is -2.27. The summed E-state index contributed by atoms with van der Waals surface area (Å²) in [7, 11) is 0. The number of aliphatic hydroxyl groups is 1. The van der Waals surface area contributed by atoms with Gasteiger partial charge >= 0.3 is 0 Å². The molecule has 82 valence electrons. The molecule has 0 aliphatic heterocycles. The average Bonchev–Trinajstić information content (AvgIpc) is 2.09. The quantitative estimate of drug-likeness (QED) is 0.660. The van der Waals surface area contributed by atoms with Crippen molar-refractivity contribution in [2.24, 2.45) is 0 Å². The summed E-state index contributed by atoms with van der Waals surface area (Å²) in [5.41, 5.74) is 2.65. The zero-order chi connectivity index (χ0) is 11.0. The minimum atomic E-state index is 0.229. The smallest absolute Gasteiger partial charge is 0.0558 e. The van der Waals surface area contributed by atoms with Crippen LogP contribution in [0.15, 0.2) is 23.3 Å². The van der Waals surface area contributed by atoms with Crippen molar-refractivity contribution in [2.75, 3.05) is 26.2 Å². The van der Waals surface area contributed by atoms with Crippen LogP contribution >= 0.6 is 0 Å². The van der Waals surface area contributed by atoms with Crippen molar-refractivity contribution in [1.82, 2.24) is 4.90 Å². The fourth-order valence-electron chi connectivity index (χ4n) is 1.02. The molecule has 0 bridgehead atoms. The highest BCUT2D eigenvalue weighted by molar-refractivity contribution is 4.98. The van der Waals surface area contributed by atoms with Crippen molar-refractivity contribution in [1.29, 1.82) is 0 Å². The third-order valence-electron chi connectivity index (χ3n) is 1.93. The number of aliphatic hydroxyl groups excluding tert-OH is 1. The van der Waals surface area contributed by atoms with Gasteiger partial charge in [-0.25, -0.2) is 0 Å². The van der Waals surface area contributed by atoms with Crippen molar-refractivity contribution in [2.45, 2.75) is 27.7 Å². The van der Waals surface area contributed by atoms with Gasteiger partial charge < -0.3 is 5.11 Å². The Labute approximate surface area is 87.9 Å². The van der Waals surface area contributed by atoms with Gasteiger partial charge in [0.15, 0.2) is 0 Å². The lowest BCUT2D eigenvalue weighted by Gasteiger charge is -2.17. The van der Waals surface area contributed by atoms with Gasteiger partial charge in [-0.15, -0.1) is 0 Å². The van der Waals surface area contributed by atoms with Gasteiger partial charge in [-0.1, -0.05) is 23.3 Å². The molecule has 0 amide bonds. The van der Waals surface area contributed by atoms with Crippen LogP contribution in [0.1, 0.15) is 27.7 Å². The molecule has 0 spiro atoms. The molecule has 0 saturated heterocycles. The lowest BCUT2D eigenvalue weighted by atomic mass is 10.3. The molecule has 0 saturated carbocycles. The van der Waals surface area contributed by atoms with E-state index in [9.17, 15) is 0 Å². The van der Waals surface area contributed by atoms with Crippen LogP contribution in [0.3, 0.4) is 0 Å². The van der Waals surface area contributed by atoms with Crippen LogP contribution in [-0.2, 0) is 0 Å². The van der Waals surface area contributed by atoms with Gasteiger partial charge in [0.25, 0.3) is 0 Å². The summed E-state index contributed by atoms with van der Waals surface area (Å²) >= 11 is 0. The molecular weight excluding hydrogens is 174 g/mol. The second-order valence-electron chi connectivity index (χ2n) is 4.05. The van der Waals surface area contributed by atoms with Crippen LogP contribution in [-0.4, -0.2) is 36.2 Å². The van der Waals surface area contributed by atoms with Crippen LogP contribution in [0.4, 0.5) is 0 Å². The largest absolute Gasteiger partial charge is 0.395 e. The maximum Gasteiger partial charge on any atom is 0.0558 e. The fraction of sp³-hybridized carbons (Fsp3) is 0.667. The third-order valence-corrected chi connectivity index (χ3v) is 1.93. The van der Waals surface area contributed by atoms with Gasteiger partial charge in [0.05, 0.1) is 6.61 Å². The molecule has 0 aromatic rings. The lowest BCUT2D eigenvalue weighted by molar-refractivity contribution is 0.220. The molecule has 1 N–H and O–H groups in total. The number of rotatable bonds is 6. The van der Waals surface area contributed by atoms with Crippen molar-refractivity contribution >= 4 is 0 Å². The van der Waals surface area contributed by atoms with Crippen molar-refractivity contribution in [3.63, 3.8) is 0 Å². The fourth-order valence-corrected chi connectivity index (χ4v) is 1.02. The summed E-state index contributed by atoms with van der Waals surface area (Å²) < 4.78 is 0. The molecule has 0 fully saturated rings. The highest BCUT2D eigenvalue weighted by Crippen LogP contribution is 1.96. The number of hydrogen-bond donors (Lipinski definition) is 1. The highest BCUT2D eigenvalue weighted by Gasteiger charge is 1.99. The van der Waals surface area contributed by atoms with E-state index >= 15 is 0 Å². The molecule has 2 nitrogen and oxygen atoms in total. The molecule has 0 heterocycles. The molecule has 0 aliphatic carbocycles. The summed E-state index contributed by atoms with van der Waals surface area (Å²) in [6, 6.07) is 0. The summed E-state index contributed by atoms with van der Waals surface area (Å²) in [5.74, 6) is 0. The minimum Gasteiger partial charge on any atom is -0.395 e. The van der Waals surface area contributed by atoms with Gasteiger partial charge in [0.1, 0.15) is 0 Å². The van der Waals surface area contributed by atoms with E-state index in [2.05, 4.69) is 44.7 Å². The third kappa shape index (κ3) is 8.02. The highest BCUT2D eigenvalue weighted by atomic mass is 16.3. The zero-order valence-electron chi connectivity index (χ0n) is 9.88. The standard InChI is InChI=1S/C12H23NO/c1-11(2)5-7-13(9-10-14)8-6-12(3)4/h5-6,14H,7-10H2,1-4H3. The second-order valence-corrected chi connectivity index (χ2v) is 4.05. The first-order chi connectivity index (χ1) is 6.56. The summed E-state index contributed by atoms with van der Waals surface area (Å²) in [4.78, 5) is 2.22. The zero-order valence-corrected chi connectivity index (χ0v) is 9.88. The van der Waals surface area contributed by atoms with Crippen LogP contribution in [0.25, 0.3) is 0 Å². The average molecular weight is 197 g/mol. The molecule has 0 rings (SSSR count). The number of hydrogen-bond acceptors (Lipinski definition) is 2. The van der Waals surface area contributed by atoms with Gasteiger partial charge in [-0.05, 0) is 27.7 Å². The van der Waals surface area contributed by atoms with Crippen molar-refractivity contribution in [3.05, 3.63) is 23.3 Å². The van der Waals surface area contributed by atoms with Crippen LogP contribution in [0.2, 0.25) is 0 Å². The summed E-state index contributed by atoms with van der Waals surface area (Å²) in [5, 5.41) is 8.88. The first-order valence-electron chi connectivity index (χ1n) is 5.16. The molecular formula is C12H23NO. The number of allylic oxidation sites excluding steroid dienone is 2. The van der Waals surface area contributed by atoms with Crippen molar-refractivity contribution in [3.8, 4) is 0 Å². The van der Waals surface area contributed by atoms with E-state index in [0.29, 0.717) is 0 Å². The summed E-state index contributed by atoms with van der Waals surface area (Å²) in [6.45, 7) is 11.2. The normalized spacial score (nSPS) is 10.1. The maximum atomic E-state index is 8.88. The van der Waals surface area contributed by atoms with Crippen molar-refractivity contribution < 1.29 is 5.11 Å². The Morgan fingerprint density at radius 2 is 1.43 bits per heavy atom. The van der Waals surface area contributed by atoms with Crippen LogP contribution < -0.4 is 0 Å². The van der Waals surface area contributed by atoms with Gasteiger partial charge in [-0.2, -0.15) is 0 Å². The first kappa shape index (κ1) is 13.4. The monoisotopic (exact) mass is 197 g/mol. The Morgan fingerprint density at radius 1 is 1.00 bits per heavy atom. The van der Waals surface area contributed by atoms with E-state index in [1.165, 1.54) is 11.1 Å². The Morgan fingerprint density at radius 3 is 1.71 bits per heavy atom. The Bertz CT molecular complexity index is 178. The van der Waals surface area contributed by atoms with Crippen LogP contribution in [0.5, 0.6) is 0 Å². The SMILES string of the molecule is CC(C)=CCN(CC=C(C)C)CCO. The van der Waals surface area contributed by atoms with E-state index in [1.807, 2.05) is 0 Å². The van der Waals surface area contributed by atoms with Gasteiger partial charge in [0, 0.05) is 19.6 Å². The Hall–Kier alpha value is -0.600. The minimum absolute atomic E-state index is 0.229. The molecule has 0 unspecified atom stereocenters. The molecule has 0 aliphatic rings. The number of nitrogens with zero attached hydrogens (tertiary/aromatic N) is 1. The molecule has 0 atom stereocenters. The van der Waals surface area contributed by atoms with Gasteiger partial charge in [0.2, 0.25) is 0 Å². The maximum absolute atomic E-state index is 8.88. The second kappa shape index (κ2) is 7.77. The topological polar surface area (TPSA) is 23.5 Å². The Balaban J connectivity index is 4.02.